The molecule has 1 rings (SSSR count). The molecule has 0 aliphatic heterocycles. The molecule has 0 aliphatic carbocycles. The first-order chi connectivity index (χ1) is 9.88. The highest BCUT2D eigenvalue weighted by Gasteiger charge is 2.09. The van der Waals surface area contributed by atoms with Crippen LogP contribution in [0, 0.1) is 0 Å². The van der Waals surface area contributed by atoms with Gasteiger partial charge in [0.25, 0.3) is 0 Å². The van der Waals surface area contributed by atoms with Gasteiger partial charge in [-0.2, -0.15) is 0 Å². The van der Waals surface area contributed by atoms with Crippen LogP contribution in [0.5, 0.6) is 0 Å². The highest BCUT2D eigenvalue weighted by Crippen LogP contribution is 2.23. The van der Waals surface area contributed by atoms with E-state index in [0.717, 1.165) is 6.04 Å². The monoisotopic (exact) mass is 277 g/mol. The minimum Gasteiger partial charge on any atom is -0.351 e. The first-order valence-corrected chi connectivity index (χ1v) is 9.01. The van der Waals surface area contributed by atoms with Crippen molar-refractivity contribution in [2.45, 2.75) is 96.9 Å². The lowest BCUT2D eigenvalue weighted by atomic mass is 10.0. The molecule has 1 nitrogen and oxygen atoms in total. The van der Waals surface area contributed by atoms with Crippen LogP contribution in [0.3, 0.4) is 0 Å². The minimum absolute atomic E-state index is 0.744. The van der Waals surface area contributed by atoms with E-state index in [9.17, 15) is 0 Å². The molecule has 0 fully saturated rings. The van der Waals surface area contributed by atoms with E-state index in [1.54, 1.807) is 0 Å². The van der Waals surface area contributed by atoms with E-state index in [1.807, 2.05) is 0 Å². The lowest BCUT2D eigenvalue weighted by molar-refractivity contribution is 0.396. The van der Waals surface area contributed by atoms with Crippen molar-refractivity contribution in [1.82, 2.24) is 4.57 Å². The van der Waals surface area contributed by atoms with Gasteiger partial charge in [-0.05, 0) is 25.0 Å². The van der Waals surface area contributed by atoms with Gasteiger partial charge in [0.15, 0.2) is 0 Å². The van der Waals surface area contributed by atoms with Crippen LogP contribution in [0.1, 0.15) is 96.9 Å². The fourth-order valence-electron chi connectivity index (χ4n) is 3.00. The number of hydrogen-bond donors (Lipinski definition) is 0. The van der Waals surface area contributed by atoms with Crippen LogP contribution in [-0.2, 0) is 0 Å². The van der Waals surface area contributed by atoms with Crippen molar-refractivity contribution in [3.63, 3.8) is 0 Å². The standard InChI is InChI=1S/C19H35N/c1-3-5-7-9-11-15-19(20-17-13-14-18-20)16-12-10-8-6-4-2/h13-14,17-19H,3-12,15-16H2,1-2H3. The van der Waals surface area contributed by atoms with Gasteiger partial charge in [-0.15, -0.1) is 0 Å². The van der Waals surface area contributed by atoms with Crippen molar-refractivity contribution in [2.24, 2.45) is 0 Å². The molecule has 1 heteroatoms. The molecule has 0 saturated heterocycles. The first kappa shape index (κ1) is 17.3. The van der Waals surface area contributed by atoms with Crippen molar-refractivity contribution in [1.29, 1.82) is 0 Å². The lowest BCUT2D eigenvalue weighted by Gasteiger charge is -2.19. The molecule has 0 bridgehead atoms. The maximum Gasteiger partial charge on any atom is 0.0330 e. The fraction of sp³-hybridized carbons (Fsp3) is 0.789. The molecule has 116 valence electrons. The Bertz CT molecular complexity index is 275. The van der Waals surface area contributed by atoms with Gasteiger partial charge in [0.05, 0.1) is 0 Å². The molecule has 0 aliphatic rings. The van der Waals surface area contributed by atoms with Gasteiger partial charge in [-0.25, -0.2) is 0 Å². The third kappa shape index (κ3) is 7.77. The number of nitrogens with zero attached hydrogens (tertiary/aromatic N) is 1. The van der Waals surface area contributed by atoms with E-state index in [-0.39, 0.29) is 0 Å². The molecule has 0 unspecified atom stereocenters. The van der Waals surface area contributed by atoms with Crippen molar-refractivity contribution < 1.29 is 0 Å². The summed E-state index contributed by atoms with van der Waals surface area (Å²) in [5.41, 5.74) is 0. The maximum absolute atomic E-state index is 2.44. The number of rotatable bonds is 13. The fourth-order valence-corrected chi connectivity index (χ4v) is 3.00. The van der Waals surface area contributed by atoms with E-state index >= 15 is 0 Å². The molecule has 0 amide bonds. The van der Waals surface area contributed by atoms with Crippen LogP contribution in [0.2, 0.25) is 0 Å². The molecule has 1 heterocycles. The van der Waals surface area contributed by atoms with Crippen molar-refractivity contribution in [3.05, 3.63) is 24.5 Å². The van der Waals surface area contributed by atoms with Gasteiger partial charge in [0.2, 0.25) is 0 Å². The van der Waals surface area contributed by atoms with Crippen molar-refractivity contribution in [3.8, 4) is 0 Å². The zero-order valence-corrected chi connectivity index (χ0v) is 13.8. The summed E-state index contributed by atoms with van der Waals surface area (Å²) < 4.78 is 2.44. The summed E-state index contributed by atoms with van der Waals surface area (Å²) in [5.74, 6) is 0. The van der Waals surface area contributed by atoms with Crippen LogP contribution in [0.4, 0.5) is 0 Å². The normalized spacial score (nSPS) is 11.3. The highest BCUT2D eigenvalue weighted by atomic mass is 15.0. The zero-order chi connectivity index (χ0) is 14.5. The summed E-state index contributed by atoms with van der Waals surface area (Å²) in [7, 11) is 0. The Balaban J connectivity index is 2.22. The largest absolute Gasteiger partial charge is 0.351 e. The summed E-state index contributed by atoms with van der Waals surface area (Å²) in [4.78, 5) is 0. The quantitative estimate of drug-likeness (QED) is 0.351. The molecule has 0 saturated carbocycles. The SMILES string of the molecule is CCCCCCCC(CCCCCCC)n1cccc1. The second kappa shape index (κ2) is 12.1. The Hall–Kier alpha value is -0.720. The van der Waals surface area contributed by atoms with Crippen LogP contribution in [0.15, 0.2) is 24.5 Å². The summed E-state index contributed by atoms with van der Waals surface area (Å²) in [6.45, 7) is 4.58. The van der Waals surface area contributed by atoms with Gasteiger partial charge in [0.1, 0.15) is 0 Å². The summed E-state index contributed by atoms with van der Waals surface area (Å²) in [6, 6.07) is 5.08. The topological polar surface area (TPSA) is 4.93 Å². The van der Waals surface area contributed by atoms with Gasteiger partial charge < -0.3 is 4.57 Å². The van der Waals surface area contributed by atoms with Gasteiger partial charge in [0, 0.05) is 18.4 Å². The van der Waals surface area contributed by atoms with Crippen LogP contribution in [0.25, 0.3) is 0 Å². The molecule has 0 N–H and O–H groups in total. The molecule has 0 spiro atoms. The number of unbranched alkanes of at least 4 members (excludes halogenated alkanes) is 8. The van der Waals surface area contributed by atoms with Crippen LogP contribution < -0.4 is 0 Å². The number of hydrogen-bond acceptors (Lipinski definition) is 0. The summed E-state index contributed by atoms with van der Waals surface area (Å²) >= 11 is 0. The maximum atomic E-state index is 2.44. The number of aromatic nitrogens is 1. The van der Waals surface area contributed by atoms with Crippen LogP contribution >= 0.6 is 0 Å². The molecule has 1 aromatic heterocycles. The van der Waals surface area contributed by atoms with E-state index in [4.69, 9.17) is 0 Å². The predicted molar refractivity (Wildman–Crippen MR) is 90.2 cm³/mol. The second-order valence-corrected chi connectivity index (χ2v) is 6.19. The summed E-state index contributed by atoms with van der Waals surface area (Å²) in [6.07, 6.45) is 21.2. The average molecular weight is 277 g/mol. The first-order valence-electron chi connectivity index (χ1n) is 9.01. The molecular weight excluding hydrogens is 242 g/mol. The Morgan fingerprint density at radius 3 is 1.55 bits per heavy atom. The molecule has 1 aromatic rings. The molecular formula is C19H35N. The van der Waals surface area contributed by atoms with Crippen molar-refractivity contribution >= 4 is 0 Å². The van der Waals surface area contributed by atoms with E-state index in [1.165, 1.54) is 77.0 Å². The van der Waals surface area contributed by atoms with Gasteiger partial charge in [-0.1, -0.05) is 78.1 Å². The Kier molecular flexibility index (Phi) is 10.4. The summed E-state index contributed by atoms with van der Waals surface area (Å²) in [5, 5.41) is 0. The van der Waals surface area contributed by atoms with Crippen LogP contribution in [-0.4, -0.2) is 4.57 Å². The van der Waals surface area contributed by atoms with Gasteiger partial charge >= 0.3 is 0 Å². The molecule has 20 heavy (non-hydrogen) atoms. The minimum atomic E-state index is 0.744. The van der Waals surface area contributed by atoms with Gasteiger partial charge in [-0.3, -0.25) is 0 Å². The Morgan fingerprint density at radius 2 is 1.10 bits per heavy atom. The molecule has 0 atom stereocenters. The third-order valence-corrected chi connectivity index (χ3v) is 4.33. The highest BCUT2D eigenvalue weighted by molar-refractivity contribution is 4.93. The Labute approximate surface area is 126 Å². The third-order valence-electron chi connectivity index (χ3n) is 4.33. The predicted octanol–water partition coefficient (Wildman–Crippen LogP) is 6.75. The molecule has 0 radical (unpaired) electrons. The van der Waals surface area contributed by atoms with Crippen molar-refractivity contribution in [2.75, 3.05) is 0 Å². The zero-order valence-electron chi connectivity index (χ0n) is 13.8. The van der Waals surface area contributed by atoms with E-state index in [2.05, 4.69) is 42.9 Å². The second-order valence-electron chi connectivity index (χ2n) is 6.19. The van der Waals surface area contributed by atoms with E-state index < -0.39 is 0 Å². The molecule has 0 aromatic carbocycles. The average Bonchev–Trinajstić information content (AvgIpc) is 2.98. The Morgan fingerprint density at radius 1 is 0.650 bits per heavy atom. The van der Waals surface area contributed by atoms with E-state index in [0.29, 0.717) is 0 Å². The lowest BCUT2D eigenvalue weighted by Crippen LogP contribution is -2.07. The smallest absolute Gasteiger partial charge is 0.0330 e.